The first-order valence-electron chi connectivity index (χ1n) is 7.03. The molecule has 0 saturated carbocycles. The molecule has 98 valence electrons. The van der Waals surface area contributed by atoms with E-state index in [-0.39, 0.29) is 5.79 Å². The molecule has 1 unspecified atom stereocenters. The highest BCUT2D eigenvalue weighted by atomic mass is 16.7. The predicted molar refractivity (Wildman–Crippen MR) is 66.3 cm³/mol. The summed E-state index contributed by atoms with van der Waals surface area (Å²) in [5.74, 6) is -0.0114. The maximum atomic E-state index is 5.93. The molecule has 0 aliphatic carbocycles. The molecule has 0 aromatic heterocycles. The van der Waals surface area contributed by atoms with Gasteiger partial charge < -0.3 is 5.32 Å². The van der Waals surface area contributed by atoms with Crippen molar-refractivity contribution in [2.24, 2.45) is 0 Å². The molecular weight excluding hydrogens is 216 g/mol. The number of hydrogen-bond acceptors (Lipinski definition) is 5. The third kappa shape index (κ3) is 2.22. The number of rotatable bonds is 2. The lowest BCUT2D eigenvalue weighted by Gasteiger charge is -2.50. The van der Waals surface area contributed by atoms with E-state index in [1.807, 2.05) is 0 Å². The van der Waals surface area contributed by atoms with E-state index in [0.29, 0.717) is 0 Å². The summed E-state index contributed by atoms with van der Waals surface area (Å²) in [6.07, 6.45) is 4.90. The van der Waals surface area contributed by atoms with Crippen LogP contribution in [0.3, 0.4) is 0 Å². The Labute approximate surface area is 103 Å². The maximum absolute atomic E-state index is 5.93. The van der Waals surface area contributed by atoms with Crippen LogP contribution in [-0.4, -0.2) is 61.6 Å². The zero-order valence-corrected chi connectivity index (χ0v) is 10.6. The molecule has 2 N–H and O–H groups in total. The Morgan fingerprint density at radius 2 is 1.82 bits per heavy atom. The van der Waals surface area contributed by atoms with Gasteiger partial charge in [-0.05, 0) is 32.2 Å². The number of nitrogens with one attached hydrogen (secondary N) is 2. The summed E-state index contributed by atoms with van der Waals surface area (Å²) in [6.45, 7) is 7.49. The molecule has 3 fully saturated rings. The fourth-order valence-electron chi connectivity index (χ4n) is 3.28. The van der Waals surface area contributed by atoms with E-state index in [1.54, 1.807) is 0 Å². The summed E-state index contributed by atoms with van der Waals surface area (Å²) < 4.78 is 0. The highest BCUT2D eigenvalue weighted by Gasteiger charge is 2.46. The summed E-state index contributed by atoms with van der Waals surface area (Å²) in [6, 6.07) is 0. The van der Waals surface area contributed by atoms with Crippen molar-refractivity contribution in [3.63, 3.8) is 0 Å². The first-order valence-corrected chi connectivity index (χ1v) is 7.03. The molecule has 0 spiro atoms. The first-order chi connectivity index (χ1) is 8.42. The highest BCUT2D eigenvalue weighted by Crippen LogP contribution is 2.30. The predicted octanol–water partition coefficient (Wildman–Crippen LogP) is -0.0438. The lowest BCUT2D eigenvalue weighted by atomic mass is 10.1. The van der Waals surface area contributed by atoms with Gasteiger partial charge in [-0.25, -0.2) is 0 Å². The zero-order chi connectivity index (χ0) is 11.6. The van der Waals surface area contributed by atoms with Gasteiger partial charge in [0.1, 0.15) is 0 Å². The molecule has 0 bridgehead atoms. The third-order valence-electron chi connectivity index (χ3n) is 4.17. The van der Waals surface area contributed by atoms with E-state index in [9.17, 15) is 0 Å². The van der Waals surface area contributed by atoms with Gasteiger partial charge in [-0.3, -0.25) is 15.1 Å². The van der Waals surface area contributed by atoms with Crippen LogP contribution in [0.25, 0.3) is 0 Å². The lowest BCUT2D eigenvalue weighted by Crippen LogP contribution is -2.69. The van der Waals surface area contributed by atoms with Crippen LogP contribution in [-0.2, 0) is 4.84 Å². The van der Waals surface area contributed by atoms with Crippen LogP contribution in [0, 0.1) is 0 Å². The van der Waals surface area contributed by atoms with E-state index in [0.717, 1.165) is 45.9 Å². The van der Waals surface area contributed by atoms with Crippen LogP contribution in [0.4, 0.5) is 0 Å². The smallest absolute Gasteiger partial charge is 0.151 e. The van der Waals surface area contributed by atoms with Crippen molar-refractivity contribution in [2.75, 3.05) is 45.9 Å². The second-order valence-electron chi connectivity index (χ2n) is 5.23. The normalized spacial score (nSPS) is 37.4. The summed E-state index contributed by atoms with van der Waals surface area (Å²) in [4.78, 5) is 8.50. The number of hydroxylamine groups is 2. The molecule has 1 atom stereocenters. The van der Waals surface area contributed by atoms with Gasteiger partial charge >= 0.3 is 0 Å². The molecule has 0 aromatic rings. The molecule has 3 heterocycles. The van der Waals surface area contributed by atoms with Gasteiger partial charge in [0.15, 0.2) is 5.79 Å². The Kier molecular flexibility index (Phi) is 3.63. The fraction of sp³-hybridized carbons (Fsp3) is 1.00. The quantitative estimate of drug-likeness (QED) is 0.708. The summed E-state index contributed by atoms with van der Waals surface area (Å²) in [5.41, 5.74) is 0. The molecule has 5 nitrogen and oxygen atoms in total. The van der Waals surface area contributed by atoms with Gasteiger partial charge in [-0.1, -0.05) is 0 Å². The van der Waals surface area contributed by atoms with E-state index < -0.39 is 0 Å². The summed E-state index contributed by atoms with van der Waals surface area (Å²) in [7, 11) is 0. The van der Waals surface area contributed by atoms with Crippen LogP contribution in [0.5, 0.6) is 0 Å². The first kappa shape index (κ1) is 11.9. The Hall–Kier alpha value is -0.200. The number of hydrogen-bond donors (Lipinski definition) is 2. The average molecular weight is 240 g/mol. The molecular formula is C12H24N4O. The largest absolute Gasteiger partial charge is 0.314 e. The molecule has 3 saturated heterocycles. The third-order valence-corrected chi connectivity index (χ3v) is 4.17. The van der Waals surface area contributed by atoms with Crippen molar-refractivity contribution in [2.45, 2.75) is 31.5 Å². The van der Waals surface area contributed by atoms with Crippen molar-refractivity contribution in [3.8, 4) is 0 Å². The average Bonchev–Trinajstić information content (AvgIpc) is 2.91. The zero-order valence-electron chi connectivity index (χ0n) is 10.6. The van der Waals surface area contributed by atoms with Crippen LogP contribution in [0.2, 0.25) is 0 Å². The van der Waals surface area contributed by atoms with Crippen LogP contribution < -0.4 is 10.6 Å². The van der Waals surface area contributed by atoms with Gasteiger partial charge in [-0.15, -0.1) is 0 Å². The fourth-order valence-corrected chi connectivity index (χ4v) is 3.28. The van der Waals surface area contributed by atoms with Crippen molar-refractivity contribution in [1.82, 2.24) is 20.6 Å². The molecule has 3 rings (SSSR count). The number of nitrogens with zero attached hydrogens (tertiary/aromatic N) is 2. The second-order valence-corrected chi connectivity index (χ2v) is 5.23. The van der Waals surface area contributed by atoms with Gasteiger partial charge in [0, 0.05) is 32.7 Å². The maximum Gasteiger partial charge on any atom is 0.151 e. The Balaban J connectivity index is 1.75. The van der Waals surface area contributed by atoms with Gasteiger partial charge in [-0.2, -0.15) is 5.06 Å². The topological polar surface area (TPSA) is 39.8 Å². The van der Waals surface area contributed by atoms with Crippen molar-refractivity contribution in [3.05, 3.63) is 0 Å². The van der Waals surface area contributed by atoms with Gasteiger partial charge in [0.05, 0.1) is 6.61 Å². The van der Waals surface area contributed by atoms with Crippen LogP contribution >= 0.6 is 0 Å². The molecule has 0 radical (unpaired) electrons. The standard InChI is InChI=1S/C12H24N4O/c1-2-11-17-16(8-1)12(4-3-5-14-12)15-9-6-13-7-10-15/h13-14H,1-11H2. The SMILES string of the molecule is C1CCN(C2(N3CCNCC3)CCCN2)OC1. The molecule has 5 heteroatoms. The van der Waals surface area contributed by atoms with Gasteiger partial charge in [0.2, 0.25) is 0 Å². The van der Waals surface area contributed by atoms with Crippen molar-refractivity contribution < 1.29 is 4.84 Å². The van der Waals surface area contributed by atoms with E-state index in [4.69, 9.17) is 4.84 Å². The van der Waals surface area contributed by atoms with Crippen LogP contribution in [0.15, 0.2) is 0 Å². The van der Waals surface area contributed by atoms with E-state index in [2.05, 4.69) is 20.6 Å². The monoisotopic (exact) mass is 240 g/mol. The molecule has 17 heavy (non-hydrogen) atoms. The molecule has 0 aromatic carbocycles. The number of piperazine rings is 1. The molecule has 0 amide bonds. The Bertz CT molecular complexity index is 223. The van der Waals surface area contributed by atoms with Crippen molar-refractivity contribution in [1.29, 1.82) is 0 Å². The van der Waals surface area contributed by atoms with Crippen LogP contribution in [0.1, 0.15) is 25.7 Å². The summed E-state index contributed by atoms with van der Waals surface area (Å²) in [5, 5.41) is 9.37. The van der Waals surface area contributed by atoms with Crippen molar-refractivity contribution >= 4 is 0 Å². The van der Waals surface area contributed by atoms with E-state index >= 15 is 0 Å². The van der Waals surface area contributed by atoms with Gasteiger partial charge in [0.25, 0.3) is 0 Å². The van der Waals surface area contributed by atoms with E-state index in [1.165, 1.54) is 25.7 Å². The highest BCUT2D eigenvalue weighted by molar-refractivity contribution is 4.92. The molecule has 3 aliphatic rings. The Morgan fingerprint density at radius 3 is 2.47 bits per heavy atom. The minimum atomic E-state index is -0.0114. The molecule has 3 aliphatic heterocycles. The lowest BCUT2D eigenvalue weighted by molar-refractivity contribution is -0.288. The Morgan fingerprint density at radius 1 is 0.941 bits per heavy atom. The second kappa shape index (κ2) is 5.20. The minimum absolute atomic E-state index is 0.0114. The minimum Gasteiger partial charge on any atom is -0.314 e. The summed E-state index contributed by atoms with van der Waals surface area (Å²) >= 11 is 0.